The first-order valence-corrected chi connectivity index (χ1v) is 22.4. The number of allylic oxidation sites excluding steroid dienone is 1. The zero-order chi connectivity index (χ0) is 35.8. The van der Waals surface area contributed by atoms with E-state index in [4.69, 9.17) is 23.4 Å². The summed E-state index contributed by atoms with van der Waals surface area (Å²) in [5.74, 6) is -0.786. The van der Waals surface area contributed by atoms with Gasteiger partial charge in [-0.2, -0.15) is 0 Å². The van der Waals surface area contributed by atoms with Gasteiger partial charge in [-0.15, -0.1) is 0 Å². The summed E-state index contributed by atoms with van der Waals surface area (Å²) in [6.45, 7) is 17.6. The van der Waals surface area contributed by atoms with Crippen molar-refractivity contribution in [3.05, 3.63) is 12.3 Å². The summed E-state index contributed by atoms with van der Waals surface area (Å²) >= 11 is 0. The van der Waals surface area contributed by atoms with E-state index in [0.717, 1.165) is 38.5 Å². The van der Waals surface area contributed by atoms with E-state index in [1.54, 1.807) is 6.08 Å². The van der Waals surface area contributed by atoms with Crippen molar-refractivity contribution in [2.75, 3.05) is 13.2 Å². The highest BCUT2D eigenvalue weighted by Gasteiger charge is 2.50. The van der Waals surface area contributed by atoms with Gasteiger partial charge in [0, 0.05) is 13.0 Å². The lowest BCUT2D eigenvalue weighted by Crippen LogP contribution is -2.62. The number of Topliss-reactive ketones (excluding diaryl/α,β-unsaturated/α-hetero) is 1. The van der Waals surface area contributed by atoms with Crippen LogP contribution in [0.4, 0.5) is 0 Å². The third-order valence-electron chi connectivity index (χ3n) is 9.86. The van der Waals surface area contributed by atoms with Crippen LogP contribution in [-0.4, -0.2) is 69.1 Å². The van der Waals surface area contributed by atoms with E-state index < -0.39 is 45.0 Å². The Hall–Kier alpha value is -1.26. The minimum Gasteiger partial charge on any atom is -0.469 e. The van der Waals surface area contributed by atoms with Crippen LogP contribution in [0.15, 0.2) is 12.3 Å². The molecule has 0 aromatic rings. The Morgan fingerprint density at radius 2 is 1.31 bits per heavy atom. The number of aliphatic hydroxyl groups is 1. The molecule has 1 aliphatic heterocycles. The van der Waals surface area contributed by atoms with Crippen LogP contribution in [-0.2, 0) is 33.0 Å². The second kappa shape index (κ2) is 25.7. The molecule has 0 bridgehead atoms. The van der Waals surface area contributed by atoms with Crippen molar-refractivity contribution < 1.29 is 38.1 Å². The van der Waals surface area contributed by atoms with Crippen molar-refractivity contribution in [2.24, 2.45) is 0 Å². The van der Waals surface area contributed by atoms with Crippen LogP contribution < -0.4 is 0 Å². The Bertz CT molecular complexity index is 871. The van der Waals surface area contributed by atoms with Gasteiger partial charge in [-0.25, -0.2) is 0 Å². The summed E-state index contributed by atoms with van der Waals surface area (Å²) in [5, 5.41) is 11.5. The number of carbonyl (C=O) groups excluding carboxylic acids is 2. The lowest BCUT2D eigenvalue weighted by atomic mass is 9.98. The monoisotopic (exact) mass is 699 g/mol. The molecule has 9 heteroatoms. The van der Waals surface area contributed by atoms with E-state index in [-0.39, 0.29) is 23.8 Å². The molecule has 0 aliphatic carbocycles. The lowest BCUT2D eigenvalue weighted by molar-refractivity contribution is -0.298. The highest BCUT2D eigenvalue weighted by Crippen LogP contribution is 2.37. The van der Waals surface area contributed by atoms with Gasteiger partial charge in [0.05, 0.1) is 12.9 Å². The fourth-order valence-corrected chi connectivity index (χ4v) is 6.66. The van der Waals surface area contributed by atoms with Crippen LogP contribution in [0.3, 0.4) is 0 Å². The largest absolute Gasteiger partial charge is 0.469 e. The summed E-state index contributed by atoms with van der Waals surface area (Å²) in [7, 11) is -2.14. The molecule has 0 saturated carbocycles. The zero-order valence-electron chi connectivity index (χ0n) is 32.2. The zero-order valence-corrected chi connectivity index (χ0v) is 33.2. The molecule has 0 spiro atoms. The number of aliphatic hydroxyl groups excluding tert-OH is 1. The predicted molar refractivity (Wildman–Crippen MR) is 197 cm³/mol. The van der Waals surface area contributed by atoms with Crippen molar-refractivity contribution >= 4 is 20.1 Å². The molecule has 1 saturated heterocycles. The summed E-state index contributed by atoms with van der Waals surface area (Å²) in [5.41, 5.74) is 0. The number of carbonyl (C=O) groups is 2. The first kappa shape index (κ1) is 44.8. The molecule has 8 nitrogen and oxygen atoms in total. The number of hydrogen-bond donors (Lipinski definition) is 1. The number of esters is 1. The third-order valence-corrected chi connectivity index (χ3v) is 14.4. The van der Waals surface area contributed by atoms with Gasteiger partial charge in [-0.05, 0) is 37.9 Å². The van der Waals surface area contributed by atoms with Crippen LogP contribution >= 0.6 is 0 Å². The van der Waals surface area contributed by atoms with Gasteiger partial charge in [0.2, 0.25) is 6.29 Å². The molecule has 1 heterocycles. The number of hydrogen-bond acceptors (Lipinski definition) is 8. The fourth-order valence-electron chi connectivity index (χ4n) is 5.65. The van der Waals surface area contributed by atoms with E-state index in [2.05, 4.69) is 47.7 Å². The van der Waals surface area contributed by atoms with Crippen LogP contribution in [0.2, 0.25) is 18.1 Å². The van der Waals surface area contributed by atoms with Gasteiger partial charge in [0.1, 0.15) is 30.5 Å². The Labute approximate surface area is 295 Å². The van der Waals surface area contributed by atoms with Crippen LogP contribution in [0.25, 0.3) is 0 Å². The Balaban J connectivity index is 2.85. The number of ether oxygens (including phenoxy) is 4. The predicted octanol–water partition coefficient (Wildman–Crippen LogP) is 9.96. The summed E-state index contributed by atoms with van der Waals surface area (Å²) in [6, 6.07) is 0. The van der Waals surface area contributed by atoms with Crippen molar-refractivity contribution in [3.63, 3.8) is 0 Å². The highest BCUT2D eigenvalue weighted by atomic mass is 28.4. The lowest BCUT2D eigenvalue weighted by Gasteiger charge is -2.44. The summed E-state index contributed by atoms with van der Waals surface area (Å²) < 4.78 is 30.7. The second-order valence-corrected chi connectivity index (χ2v) is 20.1. The molecule has 48 heavy (non-hydrogen) atoms. The molecular formula is C39H74O8Si. The van der Waals surface area contributed by atoms with Crippen molar-refractivity contribution in [1.82, 2.24) is 0 Å². The molecule has 0 radical (unpaired) electrons. The standard InChI is InChI=1S/C39H74O8Si/c1-9-12-14-16-18-20-21-23-25-27-32(40)30-34(41)47-37-36(43-29-26-24-22-19-17-15-13-10-2)35(42)33(46-38(37)44-28-11-3)31-45-48(7,8)39(4,5)6/h11,28,33,35-38,42H,9-10,12-27,29-31H2,1-8H3/b28-11+/t33-,35-,36+,37-,38?/m1/s1. The number of rotatable bonds is 28. The minimum atomic E-state index is -2.14. The minimum absolute atomic E-state index is 0.0151. The Morgan fingerprint density at radius 3 is 1.83 bits per heavy atom. The second-order valence-electron chi connectivity index (χ2n) is 15.3. The maximum atomic E-state index is 13.1. The summed E-state index contributed by atoms with van der Waals surface area (Å²) in [4.78, 5) is 25.8. The maximum absolute atomic E-state index is 13.1. The molecule has 282 valence electrons. The van der Waals surface area contributed by atoms with E-state index in [9.17, 15) is 14.7 Å². The van der Waals surface area contributed by atoms with Gasteiger partial charge in [0.15, 0.2) is 14.4 Å². The quantitative estimate of drug-likeness (QED) is 0.0283. The molecule has 1 aliphatic rings. The van der Waals surface area contributed by atoms with Gasteiger partial charge in [-0.1, -0.05) is 137 Å². The number of unbranched alkanes of at least 4 members (excludes halogenated alkanes) is 15. The maximum Gasteiger partial charge on any atom is 0.313 e. The first-order valence-electron chi connectivity index (χ1n) is 19.4. The van der Waals surface area contributed by atoms with Gasteiger partial charge in [0.25, 0.3) is 0 Å². The van der Waals surface area contributed by atoms with E-state index in [1.165, 1.54) is 76.9 Å². The molecule has 0 aromatic carbocycles. The van der Waals surface area contributed by atoms with E-state index >= 15 is 0 Å². The topological polar surface area (TPSA) is 101 Å². The van der Waals surface area contributed by atoms with Crippen molar-refractivity contribution in [1.29, 1.82) is 0 Å². The van der Waals surface area contributed by atoms with E-state index in [1.807, 2.05) is 6.92 Å². The Morgan fingerprint density at radius 1 is 0.792 bits per heavy atom. The van der Waals surface area contributed by atoms with E-state index in [0.29, 0.717) is 13.0 Å². The molecule has 5 atom stereocenters. The van der Waals surface area contributed by atoms with Crippen LogP contribution in [0.5, 0.6) is 0 Å². The Kier molecular flexibility index (Phi) is 23.9. The SMILES string of the molecule is C/C=C/OC1O[C@H](CO[Si](C)(C)C(C)(C)C)[C@@H](O)[C@H](OCCCCCCCCCC)[C@H]1OC(=O)CC(=O)CCCCCCCCCCC. The van der Waals surface area contributed by atoms with Gasteiger partial charge in [-0.3, -0.25) is 9.59 Å². The molecular weight excluding hydrogens is 625 g/mol. The van der Waals surface area contributed by atoms with Gasteiger partial charge < -0.3 is 28.5 Å². The van der Waals surface area contributed by atoms with Gasteiger partial charge >= 0.3 is 5.97 Å². The molecule has 0 aromatic heterocycles. The average Bonchev–Trinajstić information content (AvgIpc) is 3.02. The number of ketones is 1. The van der Waals surface area contributed by atoms with Crippen LogP contribution in [0.1, 0.15) is 164 Å². The normalized spacial score (nSPS) is 21.9. The van der Waals surface area contributed by atoms with Crippen molar-refractivity contribution in [2.45, 2.75) is 212 Å². The average molecular weight is 699 g/mol. The van der Waals surface area contributed by atoms with Crippen LogP contribution in [0, 0.1) is 0 Å². The van der Waals surface area contributed by atoms with Crippen molar-refractivity contribution in [3.8, 4) is 0 Å². The smallest absolute Gasteiger partial charge is 0.313 e. The summed E-state index contributed by atoms with van der Waals surface area (Å²) in [6.07, 6.45) is 18.2. The molecule has 1 rings (SSSR count). The fraction of sp³-hybridized carbons (Fsp3) is 0.897. The molecule has 1 unspecified atom stereocenters. The molecule has 1 fully saturated rings. The molecule has 1 N–H and O–H groups in total. The highest BCUT2D eigenvalue weighted by molar-refractivity contribution is 6.74. The third kappa shape index (κ3) is 18.7. The molecule has 0 amide bonds. The first-order chi connectivity index (χ1) is 22.9.